The summed E-state index contributed by atoms with van der Waals surface area (Å²) >= 11 is 0. The molecule has 0 radical (unpaired) electrons. The largest absolute Gasteiger partial charge is 3.00 e. The molecular weight excluding hydrogens is 197 g/mol. The maximum absolute atomic E-state index is 3.99. The molecular formula is C9H17Y+2. The van der Waals surface area contributed by atoms with E-state index < -0.39 is 0 Å². The fraction of sp³-hybridized carbons (Fsp3) is 0.667. The second-order valence-corrected chi connectivity index (χ2v) is 3.73. The molecule has 0 bridgehead atoms. The first-order chi connectivity index (χ1) is 3.85. The van der Waals surface area contributed by atoms with Gasteiger partial charge in [-0.05, 0) is 5.41 Å². The van der Waals surface area contributed by atoms with Crippen LogP contribution in [-0.2, 0) is 32.7 Å². The molecule has 0 nitrogen and oxygen atoms in total. The number of hydrogen-bond acceptors (Lipinski definition) is 0. The molecule has 0 saturated carbocycles. The molecule has 0 aromatic rings. The van der Waals surface area contributed by atoms with Gasteiger partial charge in [-0.2, -0.15) is 0 Å². The van der Waals surface area contributed by atoms with Crippen LogP contribution >= 0.6 is 0 Å². The Kier molecular flexibility index (Phi) is 6.08. The van der Waals surface area contributed by atoms with Crippen molar-refractivity contribution in [3.63, 3.8) is 0 Å². The Balaban J connectivity index is 0. The number of allylic oxidation sites excluding steroid dienone is 1. The average Bonchev–Trinajstić information content (AvgIpc) is 1.62. The molecule has 10 heavy (non-hydrogen) atoms. The molecule has 1 heteroatoms. The summed E-state index contributed by atoms with van der Waals surface area (Å²) in [5.74, 6) is 1.34. The van der Waals surface area contributed by atoms with E-state index in [9.17, 15) is 0 Å². The van der Waals surface area contributed by atoms with E-state index in [0.29, 0.717) is 0 Å². The molecule has 0 N–H and O–H groups in total. The van der Waals surface area contributed by atoms with Gasteiger partial charge in [0.1, 0.15) is 0 Å². The SMILES string of the molecule is C=C([C-](C)C)C(C)(C)C.[Y+3]. The van der Waals surface area contributed by atoms with E-state index in [0.717, 1.165) is 0 Å². The second kappa shape index (κ2) is 4.56. The van der Waals surface area contributed by atoms with Crippen LogP contribution in [0.5, 0.6) is 0 Å². The monoisotopic (exact) mass is 214 g/mol. The molecule has 0 aliphatic rings. The van der Waals surface area contributed by atoms with Crippen LogP contribution in [0.1, 0.15) is 34.6 Å². The van der Waals surface area contributed by atoms with Crippen molar-refractivity contribution in [1.82, 2.24) is 0 Å². The van der Waals surface area contributed by atoms with Crippen molar-refractivity contribution in [2.75, 3.05) is 0 Å². The van der Waals surface area contributed by atoms with Gasteiger partial charge in [0.2, 0.25) is 0 Å². The van der Waals surface area contributed by atoms with Crippen molar-refractivity contribution in [2.24, 2.45) is 5.41 Å². The van der Waals surface area contributed by atoms with Crippen molar-refractivity contribution in [2.45, 2.75) is 34.6 Å². The zero-order valence-electron chi connectivity index (χ0n) is 7.78. The first kappa shape index (κ1) is 13.3. The molecule has 0 heterocycles. The molecule has 0 aromatic carbocycles. The van der Waals surface area contributed by atoms with Gasteiger partial charge in [-0.1, -0.05) is 20.8 Å². The van der Waals surface area contributed by atoms with Crippen LogP contribution in [0, 0.1) is 11.3 Å². The predicted molar refractivity (Wildman–Crippen MR) is 43.2 cm³/mol. The Hall–Kier alpha value is 0.714. The van der Waals surface area contributed by atoms with Gasteiger partial charge >= 0.3 is 32.7 Å². The third kappa shape index (κ3) is 4.52. The Morgan fingerprint density at radius 3 is 1.50 bits per heavy atom. The van der Waals surface area contributed by atoms with Gasteiger partial charge in [0.25, 0.3) is 0 Å². The maximum Gasteiger partial charge on any atom is 3.00 e. The summed E-state index contributed by atoms with van der Waals surface area (Å²) in [6, 6.07) is 0. The molecule has 0 aromatic heterocycles. The van der Waals surface area contributed by atoms with Gasteiger partial charge < -0.3 is 0 Å². The molecule has 54 valence electrons. The molecule has 0 aliphatic heterocycles. The van der Waals surface area contributed by atoms with Gasteiger partial charge in [-0.3, -0.25) is 0 Å². The fourth-order valence-corrected chi connectivity index (χ4v) is 0.750. The van der Waals surface area contributed by atoms with Crippen LogP contribution in [0.4, 0.5) is 0 Å². The first-order valence-corrected chi connectivity index (χ1v) is 3.35. The van der Waals surface area contributed by atoms with Gasteiger partial charge in [0, 0.05) is 0 Å². The van der Waals surface area contributed by atoms with E-state index >= 15 is 0 Å². The molecule has 0 aliphatic carbocycles. The molecule has 0 atom stereocenters. The van der Waals surface area contributed by atoms with E-state index in [2.05, 4.69) is 41.2 Å². The van der Waals surface area contributed by atoms with Crippen LogP contribution in [0.3, 0.4) is 0 Å². The minimum Gasteiger partial charge on any atom is -0.241 e. The zero-order valence-corrected chi connectivity index (χ0v) is 10.6. The van der Waals surface area contributed by atoms with E-state index in [1.165, 1.54) is 11.5 Å². The minimum atomic E-state index is 0. The van der Waals surface area contributed by atoms with Crippen LogP contribution in [-0.4, -0.2) is 0 Å². The molecule has 0 rings (SSSR count). The van der Waals surface area contributed by atoms with Gasteiger partial charge in [-0.25, -0.2) is 18.1 Å². The number of hydrogen-bond donors (Lipinski definition) is 0. The fourth-order valence-electron chi connectivity index (χ4n) is 0.750. The summed E-state index contributed by atoms with van der Waals surface area (Å²) < 4.78 is 0. The molecule has 0 saturated heterocycles. The van der Waals surface area contributed by atoms with Crippen LogP contribution in [0.15, 0.2) is 12.2 Å². The maximum atomic E-state index is 3.99. The Morgan fingerprint density at radius 1 is 1.20 bits per heavy atom. The minimum absolute atomic E-state index is 0. The first-order valence-electron chi connectivity index (χ1n) is 3.35. The molecule has 0 amide bonds. The van der Waals surface area contributed by atoms with E-state index in [-0.39, 0.29) is 38.1 Å². The summed E-state index contributed by atoms with van der Waals surface area (Å²) in [6.45, 7) is 14.7. The summed E-state index contributed by atoms with van der Waals surface area (Å²) in [5.41, 5.74) is 1.50. The zero-order chi connectivity index (χ0) is 7.65. The van der Waals surface area contributed by atoms with E-state index in [4.69, 9.17) is 0 Å². The Bertz CT molecular complexity index is 106. The predicted octanol–water partition coefficient (Wildman–Crippen LogP) is 3.20. The summed E-state index contributed by atoms with van der Waals surface area (Å²) in [6.07, 6.45) is 0. The molecule has 0 fully saturated rings. The summed E-state index contributed by atoms with van der Waals surface area (Å²) in [4.78, 5) is 0. The smallest absolute Gasteiger partial charge is 0.241 e. The van der Waals surface area contributed by atoms with Crippen LogP contribution in [0.2, 0.25) is 0 Å². The van der Waals surface area contributed by atoms with Crippen molar-refractivity contribution in [3.8, 4) is 0 Å². The van der Waals surface area contributed by atoms with E-state index in [1.807, 2.05) is 0 Å². The topological polar surface area (TPSA) is 0 Å². The summed E-state index contributed by atoms with van der Waals surface area (Å²) in [7, 11) is 0. The van der Waals surface area contributed by atoms with Crippen molar-refractivity contribution < 1.29 is 32.7 Å². The van der Waals surface area contributed by atoms with E-state index in [1.54, 1.807) is 0 Å². The standard InChI is InChI=1S/C9H17.Y/c1-7(2)8(3)9(4,5)6;/h3H2,1-2,4-6H3;/q-1;+3. The van der Waals surface area contributed by atoms with Crippen molar-refractivity contribution in [3.05, 3.63) is 18.1 Å². The van der Waals surface area contributed by atoms with Gasteiger partial charge in [-0.15, -0.1) is 13.8 Å². The Morgan fingerprint density at radius 2 is 1.50 bits per heavy atom. The second-order valence-electron chi connectivity index (χ2n) is 3.73. The Labute approximate surface area is 90.4 Å². The average molecular weight is 214 g/mol. The third-order valence-corrected chi connectivity index (χ3v) is 1.51. The van der Waals surface area contributed by atoms with Gasteiger partial charge in [0.15, 0.2) is 0 Å². The summed E-state index contributed by atoms with van der Waals surface area (Å²) in [5, 5.41) is 0. The normalized spacial score (nSPS) is 10.1. The number of rotatable bonds is 1. The third-order valence-electron chi connectivity index (χ3n) is 1.51. The van der Waals surface area contributed by atoms with Crippen molar-refractivity contribution >= 4 is 0 Å². The molecule has 0 unspecified atom stereocenters. The van der Waals surface area contributed by atoms with Crippen LogP contribution < -0.4 is 0 Å². The van der Waals surface area contributed by atoms with Crippen LogP contribution in [0.25, 0.3) is 0 Å². The molecule has 0 spiro atoms. The van der Waals surface area contributed by atoms with Gasteiger partial charge in [0.05, 0.1) is 0 Å². The quantitative estimate of drug-likeness (QED) is 0.588. The van der Waals surface area contributed by atoms with Crippen molar-refractivity contribution in [1.29, 1.82) is 0 Å².